The van der Waals surface area contributed by atoms with Crippen LogP contribution in [-0.2, 0) is 9.53 Å². The van der Waals surface area contributed by atoms with E-state index >= 15 is 0 Å². The molecule has 2 heterocycles. The first-order valence-corrected chi connectivity index (χ1v) is 9.53. The molecule has 2 rings (SSSR count). The number of carbonyl (C=O) groups is 1. The predicted octanol–water partition coefficient (Wildman–Crippen LogP) is 1.65. The van der Waals surface area contributed by atoms with Crippen molar-refractivity contribution in [3.05, 3.63) is 0 Å². The molecule has 2 fully saturated rings. The Labute approximate surface area is 167 Å². The fraction of sp³-hybridized carbons (Fsp3) is 0.875. The number of thioether (sulfide) groups is 1. The van der Waals surface area contributed by atoms with Crippen LogP contribution in [0, 0.1) is 0 Å². The van der Waals surface area contributed by atoms with Gasteiger partial charge in [0.1, 0.15) is 0 Å². The van der Waals surface area contributed by atoms with Crippen LogP contribution in [0.5, 0.6) is 0 Å². The summed E-state index contributed by atoms with van der Waals surface area (Å²) in [5, 5.41) is 3.37. The number of hydrogen-bond acceptors (Lipinski definition) is 4. The van der Waals surface area contributed by atoms with E-state index in [0.29, 0.717) is 39.3 Å². The Morgan fingerprint density at radius 1 is 1.25 bits per heavy atom. The van der Waals surface area contributed by atoms with Gasteiger partial charge < -0.3 is 19.9 Å². The van der Waals surface area contributed by atoms with Crippen molar-refractivity contribution >= 4 is 47.6 Å². The zero-order valence-electron chi connectivity index (χ0n) is 15.0. The number of nitrogens with one attached hydrogen (secondary N) is 1. The number of ether oxygens (including phenoxy) is 1. The van der Waals surface area contributed by atoms with Gasteiger partial charge in [0.25, 0.3) is 0 Å². The van der Waals surface area contributed by atoms with Gasteiger partial charge in [-0.3, -0.25) is 9.79 Å². The van der Waals surface area contributed by atoms with Crippen LogP contribution in [-0.4, -0.2) is 84.6 Å². The lowest BCUT2D eigenvalue weighted by molar-refractivity contribution is -0.135. The van der Waals surface area contributed by atoms with Gasteiger partial charge in [0, 0.05) is 49.6 Å². The summed E-state index contributed by atoms with van der Waals surface area (Å²) in [5.74, 6) is 2.24. The standard InChI is InChI=1S/C16H30N4O2S.HI/c1-4-17-15(20-9-12-23-16(2,3)13-20)18-6-5-14(21)19-7-10-22-11-8-19;/h4-13H2,1-3H3,(H,17,18);1H. The summed E-state index contributed by atoms with van der Waals surface area (Å²) in [6, 6.07) is 0. The van der Waals surface area contributed by atoms with Crippen molar-refractivity contribution < 1.29 is 9.53 Å². The second kappa shape index (κ2) is 10.7. The molecule has 1 N–H and O–H groups in total. The molecule has 0 aliphatic carbocycles. The molecule has 140 valence electrons. The average molecular weight is 470 g/mol. The lowest BCUT2D eigenvalue weighted by Gasteiger charge is -2.39. The Balaban J connectivity index is 0.00000288. The van der Waals surface area contributed by atoms with Crippen molar-refractivity contribution in [2.45, 2.75) is 31.9 Å². The first kappa shape index (κ1) is 21.8. The largest absolute Gasteiger partial charge is 0.378 e. The minimum absolute atomic E-state index is 0. The molecule has 8 heteroatoms. The minimum atomic E-state index is 0. The predicted molar refractivity (Wildman–Crippen MR) is 112 cm³/mol. The second-order valence-electron chi connectivity index (χ2n) is 6.51. The van der Waals surface area contributed by atoms with Crippen LogP contribution in [0.4, 0.5) is 0 Å². The molecule has 24 heavy (non-hydrogen) atoms. The van der Waals surface area contributed by atoms with Gasteiger partial charge in [0.05, 0.1) is 19.8 Å². The molecule has 0 aromatic heterocycles. The number of hydrogen-bond donors (Lipinski definition) is 1. The van der Waals surface area contributed by atoms with E-state index in [1.807, 2.05) is 16.7 Å². The van der Waals surface area contributed by atoms with E-state index in [0.717, 1.165) is 31.3 Å². The van der Waals surface area contributed by atoms with Crippen LogP contribution in [0.1, 0.15) is 27.2 Å². The molecule has 0 bridgehead atoms. The van der Waals surface area contributed by atoms with Gasteiger partial charge in [-0.25, -0.2) is 0 Å². The number of amides is 1. The molecular formula is C16H31IN4O2S. The Hall–Kier alpha value is -0.220. The number of halogens is 1. The fourth-order valence-corrected chi connectivity index (χ4v) is 3.96. The maximum atomic E-state index is 12.2. The Morgan fingerprint density at radius 2 is 1.96 bits per heavy atom. The maximum absolute atomic E-state index is 12.2. The second-order valence-corrected chi connectivity index (χ2v) is 8.31. The molecule has 0 aromatic rings. The van der Waals surface area contributed by atoms with Gasteiger partial charge in [-0.2, -0.15) is 11.8 Å². The molecule has 2 aliphatic rings. The summed E-state index contributed by atoms with van der Waals surface area (Å²) in [5.41, 5.74) is 0. The summed E-state index contributed by atoms with van der Waals surface area (Å²) in [6.07, 6.45) is 0.473. The van der Waals surface area contributed by atoms with Gasteiger partial charge in [0.15, 0.2) is 5.96 Å². The number of rotatable bonds is 4. The van der Waals surface area contributed by atoms with E-state index in [1.54, 1.807) is 0 Å². The molecule has 0 radical (unpaired) electrons. The lowest BCUT2D eigenvalue weighted by Crippen LogP contribution is -2.51. The number of aliphatic imine (C=N–C) groups is 1. The monoisotopic (exact) mass is 470 g/mol. The molecule has 0 spiro atoms. The average Bonchev–Trinajstić information content (AvgIpc) is 2.54. The van der Waals surface area contributed by atoms with E-state index in [4.69, 9.17) is 4.74 Å². The molecule has 6 nitrogen and oxygen atoms in total. The topological polar surface area (TPSA) is 57.2 Å². The maximum Gasteiger partial charge on any atom is 0.224 e. The van der Waals surface area contributed by atoms with Crippen LogP contribution in [0.3, 0.4) is 0 Å². The van der Waals surface area contributed by atoms with Crippen molar-refractivity contribution in [1.82, 2.24) is 15.1 Å². The van der Waals surface area contributed by atoms with Crippen molar-refractivity contribution in [1.29, 1.82) is 0 Å². The van der Waals surface area contributed by atoms with Gasteiger partial charge in [-0.1, -0.05) is 0 Å². The van der Waals surface area contributed by atoms with Gasteiger partial charge in [-0.05, 0) is 20.8 Å². The van der Waals surface area contributed by atoms with Crippen molar-refractivity contribution in [2.24, 2.45) is 4.99 Å². The Morgan fingerprint density at radius 3 is 2.58 bits per heavy atom. The van der Waals surface area contributed by atoms with Crippen molar-refractivity contribution in [3.8, 4) is 0 Å². The number of guanidine groups is 1. The third kappa shape index (κ3) is 6.95. The Bertz CT molecular complexity index is 428. The van der Waals surface area contributed by atoms with E-state index in [2.05, 4.69) is 36.0 Å². The lowest BCUT2D eigenvalue weighted by atomic mass is 10.2. The summed E-state index contributed by atoms with van der Waals surface area (Å²) in [4.78, 5) is 21.1. The molecule has 0 aromatic carbocycles. The number of morpholine rings is 1. The van der Waals surface area contributed by atoms with Crippen LogP contribution >= 0.6 is 35.7 Å². The molecule has 0 saturated carbocycles. The molecular weight excluding hydrogens is 439 g/mol. The third-order valence-electron chi connectivity index (χ3n) is 4.01. The quantitative estimate of drug-likeness (QED) is 0.385. The van der Waals surface area contributed by atoms with E-state index < -0.39 is 0 Å². The zero-order valence-corrected chi connectivity index (χ0v) is 18.2. The highest BCUT2D eigenvalue weighted by Crippen LogP contribution is 2.29. The smallest absolute Gasteiger partial charge is 0.224 e. The molecule has 2 saturated heterocycles. The molecule has 1 amide bonds. The van der Waals surface area contributed by atoms with E-state index in [9.17, 15) is 4.79 Å². The van der Waals surface area contributed by atoms with Gasteiger partial charge in [0.2, 0.25) is 5.91 Å². The van der Waals surface area contributed by atoms with Gasteiger partial charge in [-0.15, -0.1) is 24.0 Å². The summed E-state index contributed by atoms with van der Waals surface area (Å²) in [7, 11) is 0. The Kier molecular flexibility index (Phi) is 9.73. The normalized spacial score (nSPS) is 21.2. The summed E-state index contributed by atoms with van der Waals surface area (Å²) < 4.78 is 5.53. The van der Waals surface area contributed by atoms with E-state index in [1.165, 1.54) is 0 Å². The van der Waals surface area contributed by atoms with Gasteiger partial charge >= 0.3 is 0 Å². The zero-order chi connectivity index (χ0) is 16.7. The minimum Gasteiger partial charge on any atom is -0.378 e. The fourth-order valence-electron chi connectivity index (χ4n) is 2.85. The molecule has 0 atom stereocenters. The summed E-state index contributed by atoms with van der Waals surface area (Å²) in [6.45, 7) is 12.7. The highest BCUT2D eigenvalue weighted by atomic mass is 127. The van der Waals surface area contributed by atoms with Crippen molar-refractivity contribution in [2.75, 3.05) is 58.2 Å². The molecule has 0 unspecified atom stereocenters. The highest BCUT2D eigenvalue weighted by molar-refractivity contribution is 14.0. The first-order chi connectivity index (χ1) is 11.0. The highest BCUT2D eigenvalue weighted by Gasteiger charge is 2.28. The summed E-state index contributed by atoms with van der Waals surface area (Å²) >= 11 is 2.01. The third-order valence-corrected chi connectivity index (χ3v) is 5.31. The van der Waals surface area contributed by atoms with Crippen LogP contribution < -0.4 is 5.32 Å². The number of nitrogens with zero attached hydrogens (tertiary/aromatic N) is 3. The van der Waals surface area contributed by atoms with Crippen LogP contribution in [0.2, 0.25) is 0 Å². The first-order valence-electron chi connectivity index (χ1n) is 8.54. The van der Waals surface area contributed by atoms with Crippen LogP contribution in [0.15, 0.2) is 4.99 Å². The number of carbonyl (C=O) groups excluding carboxylic acids is 1. The molecule has 2 aliphatic heterocycles. The van der Waals surface area contributed by atoms with Crippen LogP contribution in [0.25, 0.3) is 0 Å². The van der Waals surface area contributed by atoms with E-state index in [-0.39, 0.29) is 34.6 Å². The van der Waals surface area contributed by atoms with Crippen molar-refractivity contribution in [3.63, 3.8) is 0 Å². The SMILES string of the molecule is CCNC(=NCCC(=O)N1CCOCC1)N1CCSC(C)(C)C1.I.